The molecule has 208 valence electrons. The highest BCUT2D eigenvalue weighted by atomic mass is 35.5. The number of likely N-dealkylation sites (tertiary alicyclic amines) is 1. The van der Waals surface area contributed by atoms with Crippen LogP contribution < -0.4 is 24.8 Å². The molecule has 3 aromatic carbocycles. The number of carbonyl (C=O) groups excluding carboxylic acids is 1. The molecule has 11 heteroatoms. The second kappa shape index (κ2) is 12.8. The molecule has 1 aromatic heterocycles. The molecule has 0 spiro atoms. The number of carbonyl (C=O) groups is 1. The first-order valence-electron chi connectivity index (χ1n) is 13.0. The Kier molecular flexibility index (Phi) is 8.78. The van der Waals surface area contributed by atoms with Gasteiger partial charge >= 0.3 is 6.03 Å². The van der Waals surface area contributed by atoms with Crippen molar-refractivity contribution in [1.29, 1.82) is 0 Å². The maximum atomic E-state index is 13.4. The van der Waals surface area contributed by atoms with Crippen LogP contribution in [0.15, 0.2) is 60.9 Å². The highest BCUT2D eigenvalue weighted by Crippen LogP contribution is 2.37. The number of rotatable bonds is 10. The SMILES string of the molecule is COc1cc2c(Oc3ccc(NC(=O)Nc4cccc(F)c4)c(Cl)c3)ncnc2cc1OCCCN1CCCC1. The zero-order valence-electron chi connectivity index (χ0n) is 22.0. The summed E-state index contributed by atoms with van der Waals surface area (Å²) in [4.78, 5) is 23.4. The Morgan fingerprint density at radius 2 is 1.90 bits per heavy atom. The van der Waals surface area contributed by atoms with Gasteiger partial charge in [-0.1, -0.05) is 17.7 Å². The lowest BCUT2D eigenvalue weighted by atomic mass is 10.2. The Labute approximate surface area is 236 Å². The van der Waals surface area contributed by atoms with Crippen molar-refractivity contribution in [1.82, 2.24) is 14.9 Å². The van der Waals surface area contributed by atoms with Crippen LogP contribution in [0.1, 0.15) is 19.3 Å². The van der Waals surface area contributed by atoms with Gasteiger partial charge in [0.1, 0.15) is 17.9 Å². The van der Waals surface area contributed by atoms with Crippen molar-refractivity contribution in [3.05, 3.63) is 71.8 Å². The van der Waals surface area contributed by atoms with E-state index in [-0.39, 0.29) is 5.02 Å². The summed E-state index contributed by atoms with van der Waals surface area (Å²) < 4.78 is 31.0. The van der Waals surface area contributed by atoms with E-state index in [0.29, 0.717) is 52.0 Å². The number of amides is 2. The number of methoxy groups -OCH3 is 1. The van der Waals surface area contributed by atoms with Crippen molar-refractivity contribution in [3.63, 3.8) is 0 Å². The van der Waals surface area contributed by atoms with E-state index in [2.05, 4.69) is 25.5 Å². The number of hydrogen-bond acceptors (Lipinski definition) is 7. The van der Waals surface area contributed by atoms with Gasteiger partial charge in [0.15, 0.2) is 11.5 Å². The number of aromatic nitrogens is 2. The second-order valence-corrected chi connectivity index (χ2v) is 9.69. The summed E-state index contributed by atoms with van der Waals surface area (Å²) in [5.74, 6) is 1.42. The van der Waals surface area contributed by atoms with Gasteiger partial charge in [0.2, 0.25) is 5.88 Å². The summed E-state index contributed by atoms with van der Waals surface area (Å²) in [5.41, 5.74) is 1.30. The molecule has 1 saturated heterocycles. The maximum Gasteiger partial charge on any atom is 0.323 e. The lowest BCUT2D eigenvalue weighted by molar-refractivity contribution is 0.254. The molecule has 0 atom stereocenters. The first-order valence-corrected chi connectivity index (χ1v) is 13.3. The number of ether oxygens (including phenoxy) is 3. The second-order valence-electron chi connectivity index (χ2n) is 9.28. The van der Waals surface area contributed by atoms with Crippen molar-refractivity contribution in [3.8, 4) is 23.1 Å². The molecule has 1 aliphatic heterocycles. The van der Waals surface area contributed by atoms with Crippen LogP contribution in [0.2, 0.25) is 5.02 Å². The molecule has 4 aromatic rings. The molecule has 9 nitrogen and oxygen atoms in total. The van der Waals surface area contributed by atoms with Crippen molar-refractivity contribution < 1.29 is 23.4 Å². The standard InChI is InChI=1S/C29H29ClFN5O4/c1-38-26-16-22-25(17-27(26)39-13-5-12-36-10-2-3-11-36)32-18-33-28(22)40-21-8-9-24(23(30)15-21)35-29(37)34-20-7-4-6-19(31)14-20/h4,6-9,14-18H,2-3,5,10-13H2,1H3,(H2,34,35,37). The first-order chi connectivity index (χ1) is 19.5. The summed E-state index contributed by atoms with van der Waals surface area (Å²) in [7, 11) is 1.58. The smallest absolute Gasteiger partial charge is 0.323 e. The van der Waals surface area contributed by atoms with Gasteiger partial charge < -0.3 is 29.7 Å². The predicted octanol–water partition coefficient (Wildman–Crippen LogP) is 6.73. The molecule has 40 heavy (non-hydrogen) atoms. The van der Waals surface area contributed by atoms with Crippen molar-refractivity contribution in [2.75, 3.05) is 44.0 Å². The van der Waals surface area contributed by atoms with E-state index in [1.807, 2.05) is 6.07 Å². The molecule has 0 unspecified atom stereocenters. The molecule has 2 N–H and O–H groups in total. The first kappa shape index (κ1) is 27.4. The quantitative estimate of drug-likeness (QED) is 0.206. The van der Waals surface area contributed by atoms with Gasteiger partial charge in [-0.3, -0.25) is 0 Å². The van der Waals surface area contributed by atoms with Gasteiger partial charge in [-0.2, -0.15) is 0 Å². The molecule has 0 bridgehead atoms. The van der Waals surface area contributed by atoms with E-state index in [0.717, 1.165) is 26.1 Å². The van der Waals surface area contributed by atoms with Crippen molar-refractivity contribution in [2.24, 2.45) is 0 Å². The van der Waals surface area contributed by atoms with Crippen molar-refractivity contribution in [2.45, 2.75) is 19.3 Å². The molecule has 1 aliphatic rings. The summed E-state index contributed by atoms with van der Waals surface area (Å²) in [6.07, 6.45) is 4.88. The third-order valence-electron chi connectivity index (χ3n) is 6.44. The minimum absolute atomic E-state index is 0.243. The number of halogens is 2. The van der Waals surface area contributed by atoms with E-state index in [1.54, 1.807) is 37.4 Å². The number of hydrogen-bond donors (Lipinski definition) is 2. The average molecular weight is 566 g/mol. The fraction of sp³-hybridized carbons (Fsp3) is 0.276. The van der Waals surface area contributed by atoms with Gasteiger partial charge in [-0.25, -0.2) is 19.2 Å². The predicted molar refractivity (Wildman–Crippen MR) is 152 cm³/mol. The number of nitrogens with one attached hydrogen (secondary N) is 2. The highest BCUT2D eigenvalue weighted by molar-refractivity contribution is 6.34. The summed E-state index contributed by atoms with van der Waals surface area (Å²) in [5, 5.41) is 6.07. The average Bonchev–Trinajstić information content (AvgIpc) is 3.46. The highest BCUT2D eigenvalue weighted by Gasteiger charge is 2.15. The third-order valence-corrected chi connectivity index (χ3v) is 6.76. The third kappa shape index (κ3) is 6.88. The molecular weight excluding hydrogens is 537 g/mol. The summed E-state index contributed by atoms with van der Waals surface area (Å²) >= 11 is 6.40. The van der Waals surface area contributed by atoms with Crippen molar-refractivity contribution >= 4 is 39.9 Å². The number of urea groups is 1. The molecule has 2 heterocycles. The number of benzene rings is 3. The van der Waals surface area contributed by atoms with E-state index >= 15 is 0 Å². The van der Waals surface area contributed by atoms with Crippen LogP contribution in [0.5, 0.6) is 23.1 Å². The molecule has 1 fully saturated rings. The Hall–Kier alpha value is -4.15. The van der Waals surface area contributed by atoms with Gasteiger partial charge in [0, 0.05) is 24.4 Å². The Morgan fingerprint density at radius 1 is 1.05 bits per heavy atom. The van der Waals surface area contributed by atoms with E-state index in [4.69, 9.17) is 25.8 Å². The molecule has 5 rings (SSSR count). The lowest BCUT2D eigenvalue weighted by Crippen LogP contribution is -2.21. The van der Waals surface area contributed by atoms with Crippen LogP contribution in [0, 0.1) is 5.82 Å². The van der Waals surface area contributed by atoms with Crippen LogP contribution in [-0.4, -0.2) is 54.2 Å². The van der Waals surface area contributed by atoms with Crippen LogP contribution >= 0.6 is 11.6 Å². The Balaban J connectivity index is 1.25. The number of fused-ring (bicyclic) bond motifs is 1. The van der Waals surface area contributed by atoms with E-state index < -0.39 is 11.8 Å². The van der Waals surface area contributed by atoms with Crippen LogP contribution in [0.3, 0.4) is 0 Å². The topological polar surface area (TPSA) is 97.8 Å². The van der Waals surface area contributed by atoms with Crippen LogP contribution in [-0.2, 0) is 0 Å². The molecular formula is C29H29ClFN5O4. The maximum absolute atomic E-state index is 13.4. The molecule has 0 aliphatic carbocycles. The Morgan fingerprint density at radius 3 is 2.67 bits per heavy atom. The molecule has 2 amide bonds. The largest absolute Gasteiger partial charge is 0.493 e. The lowest BCUT2D eigenvalue weighted by Gasteiger charge is -2.16. The fourth-order valence-electron chi connectivity index (χ4n) is 4.49. The number of anilines is 2. The minimum Gasteiger partial charge on any atom is -0.493 e. The van der Waals surface area contributed by atoms with Crippen LogP contribution in [0.25, 0.3) is 10.9 Å². The monoisotopic (exact) mass is 565 g/mol. The summed E-state index contributed by atoms with van der Waals surface area (Å²) in [6, 6.07) is 13.4. The van der Waals surface area contributed by atoms with Gasteiger partial charge in [-0.15, -0.1) is 0 Å². The zero-order chi connectivity index (χ0) is 27.9. The van der Waals surface area contributed by atoms with E-state index in [1.165, 1.54) is 37.4 Å². The van der Waals surface area contributed by atoms with E-state index in [9.17, 15) is 9.18 Å². The molecule has 0 radical (unpaired) electrons. The van der Waals surface area contributed by atoms with Crippen LogP contribution in [0.4, 0.5) is 20.6 Å². The normalized spacial score (nSPS) is 13.3. The zero-order valence-corrected chi connectivity index (χ0v) is 22.7. The fourth-order valence-corrected chi connectivity index (χ4v) is 4.71. The minimum atomic E-state index is -0.566. The summed E-state index contributed by atoms with van der Waals surface area (Å²) in [6.45, 7) is 3.92. The van der Waals surface area contributed by atoms with Gasteiger partial charge in [0.05, 0.1) is 35.3 Å². The molecule has 0 saturated carbocycles. The van der Waals surface area contributed by atoms with Gasteiger partial charge in [0.25, 0.3) is 0 Å². The van der Waals surface area contributed by atoms with Gasteiger partial charge in [-0.05, 0) is 68.8 Å². The number of nitrogens with zero attached hydrogens (tertiary/aromatic N) is 3. The Bertz CT molecular complexity index is 1500.